The molecule has 2 heteroatoms. The third kappa shape index (κ3) is 2.93. The summed E-state index contributed by atoms with van der Waals surface area (Å²) >= 11 is 3.35. The molecule has 0 heterocycles. The van der Waals surface area contributed by atoms with Gasteiger partial charge in [0.2, 0.25) is 0 Å². The van der Waals surface area contributed by atoms with Gasteiger partial charge in [-0.15, -0.1) is 0 Å². The molecule has 60 valence electrons. The maximum atomic E-state index is 5.52. The van der Waals surface area contributed by atoms with Crippen LogP contribution in [0.5, 0.6) is 5.75 Å². The van der Waals surface area contributed by atoms with Crippen LogP contribution in [0.1, 0.15) is 6.92 Å². The molecule has 1 aromatic carbocycles. The lowest BCUT2D eigenvalue weighted by molar-refractivity contribution is 0.248. The Bertz CT molecular complexity index is 198. The number of hydrogen-bond donors (Lipinski definition) is 0. The Labute approximate surface area is 75.5 Å². The van der Waals surface area contributed by atoms with E-state index in [1.165, 1.54) is 0 Å². The van der Waals surface area contributed by atoms with E-state index in [2.05, 4.69) is 15.9 Å². The zero-order chi connectivity index (χ0) is 8.10. The van der Waals surface area contributed by atoms with Crippen molar-refractivity contribution >= 4 is 15.9 Å². The molecule has 1 rings (SSSR count). The molecule has 0 unspecified atom stereocenters. The predicted octanol–water partition coefficient (Wildman–Crippen LogP) is 2.85. The Kier molecular flexibility index (Phi) is 3.43. The maximum absolute atomic E-state index is 5.52. The van der Waals surface area contributed by atoms with E-state index >= 15 is 0 Å². The first kappa shape index (κ1) is 8.60. The van der Waals surface area contributed by atoms with Crippen molar-refractivity contribution in [1.29, 1.82) is 0 Å². The molecule has 0 aromatic heterocycles. The van der Waals surface area contributed by atoms with Gasteiger partial charge in [-0.3, -0.25) is 0 Å². The molecular weight excluding hydrogens is 204 g/mol. The Balaban J connectivity index is 2.51. The molecule has 0 saturated carbocycles. The van der Waals surface area contributed by atoms with Crippen molar-refractivity contribution in [3.63, 3.8) is 0 Å². The molecule has 0 bridgehead atoms. The molecule has 1 atom stereocenters. The Morgan fingerprint density at radius 1 is 1.36 bits per heavy atom. The van der Waals surface area contributed by atoms with E-state index in [1.54, 1.807) is 0 Å². The number of rotatable bonds is 3. The minimum Gasteiger partial charge on any atom is -0.490 e. The van der Waals surface area contributed by atoms with Gasteiger partial charge in [-0.2, -0.15) is 0 Å². The van der Waals surface area contributed by atoms with Crippen molar-refractivity contribution in [3.05, 3.63) is 30.3 Å². The van der Waals surface area contributed by atoms with Crippen LogP contribution in [0.15, 0.2) is 30.3 Å². The summed E-state index contributed by atoms with van der Waals surface area (Å²) < 4.78 is 5.52. The van der Waals surface area contributed by atoms with Crippen LogP contribution in [-0.2, 0) is 0 Å². The highest BCUT2D eigenvalue weighted by atomic mass is 79.9. The quantitative estimate of drug-likeness (QED) is 0.704. The van der Waals surface area contributed by atoms with Crippen molar-refractivity contribution in [3.8, 4) is 5.75 Å². The van der Waals surface area contributed by atoms with E-state index in [1.807, 2.05) is 37.3 Å². The Hall–Kier alpha value is -0.500. The SMILES string of the molecule is C[C@@H](CBr)Oc1ccccc1. The van der Waals surface area contributed by atoms with Crippen molar-refractivity contribution in [1.82, 2.24) is 0 Å². The Morgan fingerprint density at radius 3 is 2.55 bits per heavy atom. The van der Waals surface area contributed by atoms with Gasteiger partial charge in [-0.05, 0) is 19.1 Å². The highest BCUT2D eigenvalue weighted by molar-refractivity contribution is 9.09. The first-order chi connectivity index (χ1) is 5.33. The summed E-state index contributed by atoms with van der Waals surface area (Å²) in [6, 6.07) is 9.83. The highest BCUT2D eigenvalue weighted by Crippen LogP contribution is 2.11. The third-order valence-corrected chi connectivity index (χ3v) is 2.21. The van der Waals surface area contributed by atoms with Crippen LogP contribution in [-0.4, -0.2) is 11.4 Å². The minimum absolute atomic E-state index is 0.234. The lowest BCUT2D eigenvalue weighted by Gasteiger charge is -2.10. The molecule has 0 saturated heterocycles. The van der Waals surface area contributed by atoms with Crippen LogP contribution in [0.4, 0.5) is 0 Å². The van der Waals surface area contributed by atoms with Crippen LogP contribution in [0.25, 0.3) is 0 Å². The molecule has 0 fully saturated rings. The van der Waals surface area contributed by atoms with E-state index in [0.29, 0.717) is 0 Å². The van der Waals surface area contributed by atoms with Crippen LogP contribution in [0, 0.1) is 0 Å². The van der Waals surface area contributed by atoms with E-state index in [9.17, 15) is 0 Å². The zero-order valence-corrected chi connectivity index (χ0v) is 8.04. The topological polar surface area (TPSA) is 9.23 Å². The monoisotopic (exact) mass is 214 g/mol. The van der Waals surface area contributed by atoms with Gasteiger partial charge in [0.25, 0.3) is 0 Å². The van der Waals surface area contributed by atoms with Gasteiger partial charge in [-0.25, -0.2) is 0 Å². The molecule has 11 heavy (non-hydrogen) atoms. The van der Waals surface area contributed by atoms with Crippen LogP contribution in [0.3, 0.4) is 0 Å². The second-order valence-electron chi connectivity index (χ2n) is 2.40. The number of benzene rings is 1. The summed E-state index contributed by atoms with van der Waals surface area (Å²) in [5.41, 5.74) is 0. The normalized spacial score (nSPS) is 12.5. The van der Waals surface area contributed by atoms with Crippen LogP contribution in [0.2, 0.25) is 0 Å². The first-order valence-corrected chi connectivity index (χ1v) is 4.72. The second-order valence-corrected chi connectivity index (χ2v) is 3.04. The van der Waals surface area contributed by atoms with Gasteiger partial charge in [0.1, 0.15) is 11.9 Å². The molecule has 0 radical (unpaired) electrons. The lowest BCUT2D eigenvalue weighted by Crippen LogP contribution is -2.12. The third-order valence-electron chi connectivity index (χ3n) is 1.30. The molecule has 1 nitrogen and oxygen atoms in total. The van der Waals surface area contributed by atoms with Crippen molar-refractivity contribution in [2.75, 3.05) is 5.33 Å². The van der Waals surface area contributed by atoms with Crippen LogP contribution >= 0.6 is 15.9 Å². The average molecular weight is 215 g/mol. The molecule has 0 aliphatic carbocycles. The second kappa shape index (κ2) is 4.39. The van der Waals surface area contributed by atoms with E-state index in [4.69, 9.17) is 4.74 Å². The summed E-state index contributed by atoms with van der Waals surface area (Å²) in [7, 11) is 0. The fourth-order valence-electron chi connectivity index (χ4n) is 0.763. The largest absolute Gasteiger partial charge is 0.490 e. The number of para-hydroxylation sites is 1. The highest BCUT2D eigenvalue weighted by Gasteiger charge is 1.99. The van der Waals surface area contributed by atoms with Gasteiger partial charge < -0.3 is 4.74 Å². The van der Waals surface area contributed by atoms with E-state index in [0.717, 1.165) is 11.1 Å². The van der Waals surface area contributed by atoms with Gasteiger partial charge in [0.05, 0.1) is 0 Å². The molecule has 0 aliphatic rings. The smallest absolute Gasteiger partial charge is 0.119 e. The molecular formula is C9H11BrO. The van der Waals surface area contributed by atoms with E-state index in [-0.39, 0.29) is 6.10 Å². The van der Waals surface area contributed by atoms with Crippen molar-refractivity contribution in [2.24, 2.45) is 0 Å². The molecule has 0 amide bonds. The fraction of sp³-hybridized carbons (Fsp3) is 0.333. The minimum atomic E-state index is 0.234. The summed E-state index contributed by atoms with van der Waals surface area (Å²) in [5.74, 6) is 0.930. The van der Waals surface area contributed by atoms with Gasteiger partial charge >= 0.3 is 0 Å². The molecule has 1 aromatic rings. The van der Waals surface area contributed by atoms with Gasteiger partial charge in [0, 0.05) is 5.33 Å². The number of alkyl halides is 1. The summed E-state index contributed by atoms with van der Waals surface area (Å²) in [6.45, 7) is 2.03. The van der Waals surface area contributed by atoms with Crippen LogP contribution < -0.4 is 4.74 Å². The maximum Gasteiger partial charge on any atom is 0.119 e. The summed E-state index contributed by atoms with van der Waals surface area (Å²) in [4.78, 5) is 0. The number of hydrogen-bond acceptors (Lipinski definition) is 1. The molecule has 0 spiro atoms. The van der Waals surface area contributed by atoms with Gasteiger partial charge in [0.15, 0.2) is 0 Å². The van der Waals surface area contributed by atoms with Crippen molar-refractivity contribution in [2.45, 2.75) is 13.0 Å². The van der Waals surface area contributed by atoms with E-state index < -0.39 is 0 Å². The predicted molar refractivity (Wildman–Crippen MR) is 50.3 cm³/mol. The van der Waals surface area contributed by atoms with Gasteiger partial charge in [-0.1, -0.05) is 34.1 Å². The number of halogens is 1. The zero-order valence-electron chi connectivity index (χ0n) is 6.46. The fourth-order valence-corrected chi connectivity index (χ4v) is 0.895. The molecule has 0 N–H and O–H groups in total. The lowest BCUT2D eigenvalue weighted by atomic mass is 10.3. The first-order valence-electron chi connectivity index (χ1n) is 3.60. The molecule has 0 aliphatic heterocycles. The standard InChI is InChI=1S/C9H11BrO/c1-8(7-10)11-9-5-3-2-4-6-9/h2-6,8H,7H2,1H3/t8-/m0/s1. The van der Waals surface area contributed by atoms with Crippen molar-refractivity contribution < 1.29 is 4.74 Å². The number of ether oxygens (including phenoxy) is 1. The summed E-state index contributed by atoms with van der Waals surface area (Å²) in [6.07, 6.45) is 0.234. The average Bonchev–Trinajstić information content (AvgIpc) is 2.06. The summed E-state index contributed by atoms with van der Waals surface area (Å²) in [5, 5.41) is 0.863. The Morgan fingerprint density at radius 2 is 2.00 bits per heavy atom.